The highest BCUT2D eigenvalue weighted by atomic mass is 32.2. The summed E-state index contributed by atoms with van der Waals surface area (Å²) in [6.45, 7) is 0.190. The number of sulfonamides is 1. The second kappa shape index (κ2) is 4.56. The Hall–Kier alpha value is -1.95. The van der Waals surface area contributed by atoms with E-state index in [9.17, 15) is 17.2 Å². The molecule has 0 aromatic heterocycles. The summed E-state index contributed by atoms with van der Waals surface area (Å²) in [4.78, 5) is -0.892. The molecule has 1 heterocycles. The Morgan fingerprint density at radius 2 is 1.60 bits per heavy atom. The predicted octanol–water partition coefficient (Wildman–Crippen LogP) is 2.72. The topological polar surface area (TPSA) is 37.4 Å². The largest absolute Gasteiger partial charge is 0.270 e. The molecule has 0 aliphatic carbocycles. The van der Waals surface area contributed by atoms with Crippen molar-refractivity contribution < 1.29 is 17.2 Å². The molecular weight excluding hydrogens is 284 g/mol. The Morgan fingerprint density at radius 3 is 2.30 bits per heavy atom. The van der Waals surface area contributed by atoms with Crippen molar-refractivity contribution in [3.05, 3.63) is 59.7 Å². The van der Waals surface area contributed by atoms with Crippen LogP contribution in [0.15, 0.2) is 47.4 Å². The van der Waals surface area contributed by atoms with Gasteiger partial charge in [0.15, 0.2) is 4.90 Å². The van der Waals surface area contributed by atoms with Gasteiger partial charge in [-0.2, -0.15) is 0 Å². The average molecular weight is 295 g/mol. The molecule has 0 spiro atoms. The molecule has 0 fully saturated rings. The first-order valence-corrected chi connectivity index (χ1v) is 7.50. The summed E-state index contributed by atoms with van der Waals surface area (Å²) in [6, 6.07) is 9.97. The van der Waals surface area contributed by atoms with Gasteiger partial charge in [0, 0.05) is 6.54 Å². The van der Waals surface area contributed by atoms with E-state index < -0.39 is 26.6 Å². The number of para-hydroxylation sites is 1. The summed E-state index contributed by atoms with van der Waals surface area (Å²) in [6.07, 6.45) is 0.533. The third kappa shape index (κ3) is 1.87. The van der Waals surface area contributed by atoms with Crippen LogP contribution in [0.2, 0.25) is 0 Å². The lowest BCUT2D eigenvalue weighted by Gasteiger charge is -2.20. The third-order valence-corrected chi connectivity index (χ3v) is 5.18. The molecule has 20 heavy (non-hydrogen) atoms. The Kier molecular flexibility index (Phi) is 2.97. The van der Waals surface area contributed by atoms with Gasteiger partial charge in [-0.1, -0.05) is 24.3 Å². The zero-order chi connectivity index (χ0) is 14.3. The fourth-order valence-corrected chi connectivity index (χ4v) is 4.01. The van der Waals surface area contributed by atoms with Crippen LogP contribution in [0, 0.1) is 11.6 Å². The minimum absolute atomic E-state index is 0.190. The fraction of sp³-hybridized carbons (Fsp3) is 0.143. The van der Waals surface area contributed by atoms with E-state index >= 15 is 0 Å². The van der Waals surface area contributed by atoms with Gasteiger partial charge in [-0.05, 0) is 30.2 Å². The van der Waals surface area contributed by atoms with Crippen LogP contribution >= 0.6 is 0 Å². The van der Waals surface area contributed by atoms with Crippen molar-refractivity contribution in [3.8, 4) is 0 Å². The van der Waals surface area contributed by atoms with Crippen LogP contribution in [-0.4, -0.2) is 15.0 Å². The summed E-state index contributed by atoms with van der Waals surface area (Å²) in [7, 11) is -4.23. The first-order valence-electron chi connectivity index (χ1n) is 6.06. The molecule has 0 saturated heterocycles. The number of hydrogen-bond acceptors (Lipinski definition) is 2. The van der Waals surface area contributed by atoms with E-state index in [1.165, 1.54) is 0 Å². The highest BCUT2D eigenvalue weighted by Crippen LogP contribution is 2.34. The summed E-state index contributed by atoms with van der Waals surface area (Å²) < 4.78 is 53.5. The first-order chi connectivity index (χ1) is 9.51. The van der Waals surface area contributed by atoms with Gasteiger partial charge in [0.1, 0.15) is 11.6 Å². The Balaban J connectivity index is 2.16. The fourth-order valence-electron chi connectivity index (χ4n) is 2.40. The molecule has 104 valence electrons. The molecule has 3 nitrogen and oxygen atoms in total. The van der Waals surface area contributed by atoms with Gasteiger partial charge in [-0.15, -0.1) is 0 Å². The van der Waals surface area contributed by atoms with E-state index in [1.54, 1.807) is 18.2 Å². The van der Waals surface area contributed by atoms with E-state index in [1.807, 2.05) is 6.07 Å². The number of rotatable bonds is 2. The van der Waals surface area contributed by atoms with Crippen LogP contribution in [0.1, 0.15) is 5.56 Å². The Labute approximate surface area is 115 Å². The highest BCUT2D eigenvalue weighted by molar-refractivity contribution is 7.92. The van der Waals surface area contributed by atoms with Crippen LogP contribution in [0.3, 0.4) is 0 Å². The minimum atomic E-state index is -4.23. The van der Waals surface area contributed by atoms with Gasteiger partial charge >= 0.3 is 0 Å². The maximum Gasteiger partial charge on any atom is 0.270 e. The lowest BCUT2D eigenvalue weighted by molar-refractivity contribution is 0.518. The van der Waals surface area contributed by atoms with Crippen molar-refractivity contribution in [3.63, 3.8) is 0 Å². The van der Waals surface area contributed by atoms with E-state index in [0.717, 1.165) is 28.1 Å². The standard InChI is InChI=1S/C14H11F2NO2S/c15-11-5-3-6-12(16)14(11)20(18,19)17-9-8-10-4-1-2-7-13(10)17/h1-7H,8-9H2. The van der Waals surface area contributed by atoms with E-state index in [-0.39, 0.29) is 6.54 Å². The van der Waals surface area contributed by atoms with Crippen molar-refractivity contribution in [1.29, 1.82) is 0 Å². The molecule has 0 N–H and O–H groups in total. The molecule has 0 saturated carbocycles. The zero-order valence-corrected chi connectivity index (χ0v) is 11.2. The number of anilines is 1. The molecule has 3 rings (SSSR count). The van der Waals surface area contributed by atoms with Crippen molar-refractivity contribution in [2.45, 2.75) is 11.3 Å². The maximum absolute atomic E-state index is 13.7. The highest BCUT2D eigenvalue weighted by Gasteiger charge is 2.34. The summed E-state index contributed by atoms with van der Waals surface area (Å²) in [5.41, 5.74) is 1.34. The van der Waals surface area contributed by atoms with Gasteiger partial charge in [-0.25, -0.2) is 17.2 Å². The second-order valence-electron chi connectivity index (χ2n) is 4.51. The second-order valence-corrected chi connectivity index (χ2v) is 6.31. The molecule has 0 radical (unpaired) electrons. The van der Waals surface area contributed by atoms with Crippen molar-refractivity contribution >= 4 is 15.7 Å². The predicted molar refractivity (Wildman–Crippen MR) is 71.0 cm³/mol. The quantitative estimate of drug-likeness (QED) is 0.854. The number of hydrogen-bond donors (Lipinski definition) is 0. The number of fused-ring (bicyclic) bond motifs is 1. The lowest BCUT2D eigenvalue weighted by Crippen LogP contribution is -2.30. The van der Waals surface area contributed by atoms with Crippen LogP contribution in [0.5, 0.6) is 0 Å². The molecule has 1 aliphatic heterocycles. The molecular formula is C14H11F2NO2S. The molecule has 0 amide bonds. The van der Waals surface area contributed by atoms with Crippen molar-refractivity contribution in [2.24, 2.45) is 0 Å². The molecule has 2 aromatic rings. The van der Waals surface area contributed by atoms with Gasteiger partial charge in [-0.3, -0.25) is 4.31 Å². The van der Waals surface area contributed by atoms with E-state index in [2.05, 4.69) is 0 Å². The zero-order valence-electron chi connectivity index (χ0n) is 10.4. The van der Waals surface area contributed by atoms with Gasteiger partial charge < -0.3 is 0 Å². The Bertz CT molecular complexity index is 754. The molecule has 0 bridgehead atoms. The number of halogens is 2. The van der Waals surface area contributed by atoms with Crippen LogP contribution < -0.4 is 4.31 Å². The first kappa shape index (κ1) is 13.1. The average Bonchev–Trinajstić information content (AvgIpc) is 2.82. The van der Waals surface area contributed by atoms with Gasteiger partial charge in [0.05, 0.1) is 5.69 Å². The lowest BCUT2D eigenvalue weighted by atomic mass is 10.2. The normalized spacial score (nSPS) is 14.4. The maximum atomic E-state index is 13.7. The summed E-state index contributed by atoms with van der Waals surface area (Å²) in [5.74, 6) is -2.15. The smallest absolute Gasteiger partial charge is 0.266 e. The summed E-state index contributed by atoms with van der Waals surface area (Å²) >= 11 is 0. The Morgan fingerprint density at radius 1 is 0.950 bits per heavy atom. The van der Waals surface area contributed by atoms with Crippen molar-refractivity contribution in [2.75, 3.05) is 10.8 Å². The van der Waals surface area contributed by atoms with Gasteiger partial charge in [0.2, 0.25) is 0 Å². The van der Waals surface area contributed by atoms with E-state index in [4.69, 9.17) is 0 Å². The third-order valence-electron chi connectivity index (χ3n) is 3.31. The summed E-state index contributed by atoms with van der Waals surface area (Å²) in [5, 5.41) is 0. The molecule has 0 atom stereocenters. The SMILES string of the molecule is O=S(=O)(c1c(F)cccc1F)N1CCc2ccccc21. The molecule has 6 heteroatoms. The molecule has 2 aromatic carbocycles. The number of nitrogens with zero attached hydrogens (tertiary/aromatic N) is 1. The molecule has 1 aliphatic rings. The van der Waals surface area contributed by atoms with Crippen molar-refractivity contribution in [1.82, 2.24) is 0 Å². The van der Waals surface area contributed by atoms with E-state index in [0.29, 0.717) is 12.1 Å². The van der Waals surface area contributed by atoms with Crippen LogP contribution in [0.25, 0.3) is 0 Å². The molecule has 0 unspecified atom stereocenters. The number of benzene rings is 2. The van der Waals surface area contributed by atoms with Crippen LogP contribution in [-0.2, 0) is 16.4 Å². The minimum Gasteiger partial charge on any atom is -0.266 e. The van der Waals surface area contributed by atoms with Gasteiger partial charge in [0.25, 0.3) is 10.0 Å². The monoisotopic (exact) mass is 295 g/mol. The van der Waals surface area contributed by atoms with Crippen LogP contribution in [0.4, 0.5) is 14.5 Å².